The molecule has 1 rings (SSSR count). The van der Waals surface area contributed by atoms with Crippen LogP contribution in [0.5, 0.6) is 0 Å². The number of hydroxylamine groups is 1. The zero-order valence-corrected chi connectivity index (χ0v) is 9.00. The summed E-state index contributed by atoms with van der Waals surface area (Å²) in [6, 6.07) is 0. The number of nitrogens with zero attached hydrogens (tertiary/aromatic N) is 1. The monoisotopic (exact) mass is 204 g/mol. The molecule has 1 N–H and O–H groups in total. The van der Waals surface area contributed by atoms with Gasteiger partial charge in [0.2, 0.25) is 6.41 Å². The maximum atomic E-state index is 10.4. The lowest BCUT2D eigenvalue weighted by atomic mass is 10.3. The molecule has 1 saturated carbocycles. The summed E-state index contributed by atoms with van der Waals surface area (Å²) in [6.07, 6.45) is 3.83. The molecule has 0 spiro atoms. The lowest BCUT2D eigenvalue weighted by Gasteiger charge is -2.26. The van der Waals surface area contributed by atoms with E-state index in [1.165, 1.54) is 11.9 Å². The second-order valence-electron chi connectivity index (χ2n) is 3.26. The Kier molecular flexibility index (Phi) is 4.02. The van der Waals surface area contributed by atoms with Crippen LogP contribution in [0.4, 0.5) is 0 Å². The van der Waals surface area contributed by atoms with Crippen LogP contribution < -0.4 is 5.32 Å². The molecule has 3 atom stereocenters. The highest BCUT2D eigenvalue weighted by atomic mass is 32.2. The third-order valence-corrected chi connectivity index (χ3v) is 3.14. The number of carbonyl (C=O) groups excluding carboxylic acids is 1. The standard InChI is InChI=1S/C8H16N2O2S/c1-6-4-7(6)8(9-5-11)10(12-2)13-3/h5-8H,4H2,1-3H3,(H,9,11). The van der Waals surface area contributed by atoms with Gasteiger partial charge in [-0.1, -0.05) is 18.9 Å². The molecule has 0 aromatic rings. The molecule has 0 radical (unpaired) electrons. The molecule has 4 nitrogen and oxygen atoms in total. The van der Waals surface area contributed by atoms with Crippen molar-refractivity contribution in [2.75, 3.05) is 13.4 Å². The molecule has 5 heteroatoms. The molecule has 3 unspecified atom stereocenters. The van der Waals surface area contributed by atoms with E-state index < -0.39 is 0 Å². The van der Waals surface area contributed by atoms with Gasteiger partial charge >= 0.3 is 0 Å². The lowest BCUT2D eigenvalue weighted by Crippen LogP contribution is -2.42. The lowest BCUT2D eigenvalue weighted by molar-refractivity contribution is -0.119. The normalized spacial score (nSPS) is 28.6. The molecule has 13 heavy (non-hydrogen) atoms. The number of amides is 1. The van der Waals surface area contributed by atoms with Crippen LogP contribution in [0, 0.1) is 11.8 Å². The Morgan fingerprint density at radius 2 is 2.38 bits per heavy atom. The summed E-state index contributed by atoms with van der Waals surface area (Å²) in [7, 11) is 1.61. The van der Waals surface area contributed by atoms with Crippen molar-refractivity contribution < 1.29 is 9.63 Å². The van der Waals surface area contributed by atoms with Gasteiger partial charge in [0.1, 0.15) is 6.17 Å². The van der Waals surface area contributed by atoms with E-state index in [9.17, 15) is 4.79 Å². The average Bonchev–Trinajstić information content (AvgIpc) is 2.83. The molecule has 76 valence electrons. The topological polar surface area (TPSA) is 41.6 Å². The van der Waals surface area contributed by atoms with Crippen molar-refractivity contribution in [2.24, 2.45) is 11.8 Å². The van der Waals surface area contributed by atoms with Gasteiger partial charge < -0.3 is 5.32 Å². The molecule has 0 heterocycles. The Balaban J connectivity index is 2.49. The molecule has 0 aromatic carbocycles. The Morgan fingerprint density at radius 1 is 1.77 bits per heavy atom. The van der Waals surface area contributed by atoms with Gasteiger partial charge in [-0.2, -0.15) is 0 Å². The van der Waals surface area contributed by atoms with Gasteiger partial charge in [0.25, 0.3) is 0 Å². The van der Waals surface area contributed by atoms with Gasteiger partial charge in [-0.15, -0.1) is 4.47 Å². The van der Waals surface area contributed by atoms with Crippen LogP contribution in [-0.2, 0) is 9.63 Å². The highest BCUT2D eigenvalue weighted by Gasteiger charge is 2.42. The minimum atomic E-state index is 0.00694. The molecule has 1 amide bonds. The summed E-state index contributed by atoms with van der Waals surface area (Å²) in [5.74, 6) is 1.21. The highest BCUT2D eigenvalue weighted by molar-refractivity contribution is 7.96. The number of rotatable bonds is 6. The molecular weight excluding hydrogens is 188 g/mol. The highest BCUT2D eigenvalue weighted by Crippen LogP contribution is 2.42. The first-order valence-corrected chi connectivity index (χ1v) is 5.50. The fourth-order valence-electron chi connectivity index (χ4n) is 1.50. The number of carbonyl (C=O) groups is 1. The Labute approximate surface area is 83.1 Å². The summed E-state index contributed by atoms with van der Waals surface area (Å²) < 4.78 is 1.72. The molecular formula is C8H16N2O2S. The molecule has 0 saturated heterocycles. The van der Waals surface area contributed by atoms with Gasteiger partial charge in [0, 0.05) is 0 Å². The molecule has 0 bridgehead atoms. The van der Waals surface area contributed by atoms with E-state index in [4.69, 9.17) is 4.84 Å². The third-order valence-electron chi connectivity index (χ3n) is 2.40. The van der Waals surface area contributed by atoms with Crippen molar-refractivity contribution in [3.05, 3.63) is 0 Å². The van der Waals surface area contributed by atoms with E-state index in [-0.39, 0.29) is 6.17 Å². The summed E-state index contributed by atoms with van der Waals surface area (Å²) in [6.45, 7) is 2.18. The molecule has 1 aliphatic carbocycles. The van der Waals surface area contributed by atoms with Crippen LogP contribution in [0.3, 0.4) is 0 Å². The Bertz CT molecular complexity index is 176. The fraction of sp³-hybridized carbons (Fsp3) is 0.875. The maximum Gasteiger partial charge on any atom is 0.208 e. The van der Waals surface area contributed by atoms with Crippen LogP contribution >= 0.6 is 11.9 Å². The zero-order valence-electron chi connectivity index (χ0n) is 8.19. The van der Waals surface area contributed by atoms with E-state index >= 15 is 0 Å². The van der Waals surface area contributed by atoms with E-state index in [2.05, 4.69) is 12.2 Å². The molecule has 1 aliphatic rings. The smallest absolute Gasteiger partial charge is 0.208 e. The summed E-state index contributed by atoms with van der Waals surface area (Å²) in [5, 5.41) is 2.78. The van der Waals surface area contributed by atoms with E-state index in [0.29, 0.717) is 11.8 Å². The first kappa shape index (κ1) is 10.8. The van der Waals surface area contributed by atoms with E-state index in [1.807, 2.05) is 6.26 Å². The minimum Gasteiger partial charge on any atom is -0.340 e. The summed E-state index contributed by atoms with van der Waals surface area (Å²) >= 11 is 1.48. The van der Waals surface area contributed by atoms with Gasteiger partial charge in [0.05, 0.1) is 7.11 Å². The largest absolute Gasteiger partial charge is 0.340 e. The average molecular weight is 204 g/mol. The van der Waals surface area contributed by atoms with Crippen LogP contribution in [0.2, 0.25) is 0 Å². The van der Waals surface area contributed by atoms with Gasteiger partial charge in [-0.3, -0.25) is 9.63 Å². The summed E-state index contributed by atoms with van der Waals surface area (Å²) in [4.78, 5) is 15.5. The first-order valence-electron chi connectivity index (χ1n) is 4.31. The Morgan fingerprint density at radius 3 is 2.69 bits per heavy atom. The van der Waals surface area contributed by atoms with Crippen molar-refractivity contribution >= 4 is 18.4 Å². The SMILES string of the molecule is CON(SC)C(NC=O)C1CC1C. The van der Waals surface area contributed by atoms with Crippen molar-refractivity contribution in [2.45, 2.75) is 19.5 Å². The minimum absolute atomic E-state index is 0.00694. The molecule has 1 fully saturated rings. The van der Waals surface area contributed by atoms with Gasteiger partial charge in [-0.05, 0) is 24.5 Å². The maximum absolute atomic E-state index is 10.4. The predicted molar refractivity (Wildman–Crippen MR) is 52.6 cm³/mol. The van der Waals surface area contributed by atoms with E-state index in [0.717, 1.165) is 12.8 Å². The second-order valence-corrected chi connectivity index (χ2v) is 3.98. The van der Waals surface area contributed by atoms with Gasteiger partial charge in [0.15, 0.2) is 0 Å². The summed E-state index contributed by atoms with van der Waals surface area (Å²) in [5.41, 5.74) is 0. The second kappa shape index (κ2) is 4.83. The zero-order chi connectivity index (χ0) is 9.84. The molecule has 0 aliphatic heterocycles. The quantitative estimate of drug-likeness (QED) is 0.301. The fourth-order valence-corrected chi connectivity index (χ4v) is 2.10. The number of hydrogen-bond donors (Lipinski definition) is 1. The van der Waals surface area contributed by atoms with Crippen molar-refractivity contribution in [3.63, 3.8) is 0 Å². The molecule has 0 aromatic heterocycles. The van der Waals surface area contributed by atoms with Crippen LogP contribution in [0.15, 0.2) is 0 Å². The Hall–Kier alpha value is -0.260. The first-order chi connectivity index (χ1) is 6.24. The predicted octanol–water partition coefficient (Wildman–Crippen LogP) is 0.856. The van der Waals surface area contributed by atoms with Crippen LogP contribution in [0.25, 0.3) is 0 Å². The van der Waals surface area contributed by atoms with Crippen molar-refractivity contribution in [3.8, 4) is 0 Å². The van der Waals surface area contributed by atoms with Crippen LogP contribution in [0.1, 0.15) is 13.3 Å². The van der Waals surface area contributed by atoms with E-state index in [1.54, 1.807) is 11.6 Å². The number of nitrogens with one attached hydrogen (secondary N) is 1. The van der Waals surface area contributed by atoms with Gasteiger partial charge in [-0.25, -0.2) is 0 Å². The van der Waals surface area contributed by atoms with Crippen molar-refractivity contribution in [1.82, 2.24) is 9.79 Å². The number of hydrogen-bond acceptors (Lipinski definition) is 4. The van der Waals surface area contributed by atoms with Crippen molar-refractivity contribution in [1.29, 1.82) is 0 Å². The third kappa shape index (κ3) is 2.59. The van der Waals surface area contributed by atoms with Crippen LogP contribution in [-0.4, -0.2) is 30.4 Å².